The van der Waals surface area contributed by atoms with Gasteiger partial charge in [0.1, 0.15) is 23.5 Å². The largest absolute Gasteiger partial charge is 0.347 e. The van der Waals surface area contributed by atoms with Crippen molar-refractivity contribution in [1.82, 2.24) is 20.6 Å². The highest BCUT2D eigenvalue weighted by Gasteiger charge is 2.13. The second-order valence-electron chi connectivity index (χ2n) is 5.91. The molecule has 142 valence electrons. The molecule has 3 rings (SSSR count). The zero-order chi connectivity index (χ0) is 19.9. The molecule has 1 aromatic heterocycles. The molecule has 0 spiro atoms. The lowest BCUT2D eigenvalue weighted by Crippen LogP contribution is -2.27. The van der Waals surface area contributed by atoms with Gasteiger partial charge in [-0.2, -0.15) is 0 Å². The fraction of sp³-hybridized carbons (Fsp3) is 0.100. The molecule has 8 heteroatoms. The van der Waals surface area contributed by atoms with E-state index in [0.29, 0.717) is 5.02 Å². The first-order valence-electron chi connectivity index (χ1n) is 8.38. The third-order valence-electron chi connectivity index (χ3n) is 3.84. The number of halogens is 2. The van der Waals surface area contributed by atoms with Crippen molar-refractivity contribution in [2.75, 3.05) is 0 Å². The molecule has 0 aliphatic rings. The number of nitrogens with one attached hydrogen (secondary N) is 2. The number of hydrogen-bond acceptors (Lipinski definition) is 4. The first-order valence-corrected chi connectivity index (χ1v) is 8.76. The molecular weight excluding hydrogens is 383 g/mol. The lowest BCUT2D eigenvalue weighted by Gasteiger charge is -2.07. The summed E-state index contributed by atoms with van der Waals surface area (Å²) in [5.41, 5.74) is 1.71. The molecule has 0 aliphatic carbocycles. The summed E-state index contributed by atoms with van der Waals surface area (Å²) in [6, 6.07) is 14.2. The van der Waals surface area contributed by atoms with E-state index in [-0.39, 0.29) is 30.3 Å². The Bertz CT molecular complexity index is 996. The maximum absolute atomic E-state index is 12.9. The van der Waals surface area contributed by atoms with Crippen LogP contribution in [-0.4, -0.2) is 21.8 Å². The third-order valence-corrected chi connectivity index (χ3v) is 4.08. The Kier molecular flexibility index (Phi) is 6.29. The van der Waals surface area contributed by atoms with E-state index < -0.39 is 11.8 Å². The van der Waals surface area contributed by atoms with Gasteiger partial charge >= 0.3 is 0 Å². The average Bonchev–Trinajstić information content (AvgIpc) is 2.71. The molecule has 0 saturated heterocycles. The summed E-state index contributed by atoms with van der Waals surface area (Å²) < 4.78 is 12.9. The Balaban J connectivity index is 1.59. The van der Waals surface area contributed by atoms with E-state index in [1.807, 2.05) is 6.07 Å². The normalized spacial score (nSPS) is 10.4. The topological polar surface area (TPSA) is 84.0 Å². The molecule has 3 aromatic rings. The van der Waals surface area contributed by atoms with Crippen molar-refractivity contribution in [3.05, 3.63) is 94.3 Å². The van der Waals surface area contributed by atoms with Gasteiger partial charge in [-0.1, -0.05) is 35.9 Å². The van der Waals surface area contributed by atoms with Gasteiger partial charge in [-0.25, -0.2) is 14.4 Å². The molecular formula is C20H16ClFN4O2. The molecule has 2 amide bonds. The minimum atomic E-state index is -0.462. The van der Waals surface area contributed by atoms with Crippen molar-refractivity contribution in [1.29, 1.82) is 0 Å². The first-order chi connectivity index (χ1) is 13.5. The van der Waals surface area contributed by atoms with Gasteiger partial charge in [0.15, 0.2) is 0 Å². The van der Waals surface area contributed by atoms with Gasteiger partial charge in [-0.05, 0) is 35.4 Å². The fourth-order valence-corrected chi connectivity index (χ4v) is 2.61. The van der Waals surface area contributed by atoms with Crippen LogP contribution in [0.5, 0.6) is 0 Å². The molecule has 1 heterocycles. The SMILES string of the molecule is O=C(NCc1ccc(F)cc1)c1cc(C(=O)NCc2cccc(Cl)c2)ncn1. The molecule has 0 atom stereocenters. The summed E-state index contributed by atoms with van der Waals surface area (Å²) in [6.45, 7) is 0.481. The van der Waals surface area contributed by atoms with Crippen LogP contribution in [0.25, 0.3) is 0 Å². The van der Waals surface area contributed by atoms with Crippen molar-refractivity contribution >= 4 is 23.4 Å². The highest BCUT2D eigenvalue weighted by molar-refractivity contribution is 6.30. The second kappa shape index (κ2) is 9.05. The summed E-state index contributed by atoms with van der Waals surface area (Å²) in [7, 11) is 0. The maximum Gasteiger partial charge on any atom is 0.270 e. The standard InChI is InChI=1S/C20H16ClFN4O2/c21-15-3-1-2-14(8-15)11-24-20(28)18-9-17(25-12-26-18)19(27)23-10-13-4-6-16(22)7-5-13/h1-9,12H,10-11H2,(H,23,27)(H,24,28). The van der Waals surface area contributed by atoms with Crippen molar-refractivity contribution in [2.45, 2.75) is 13.1 Å². The minimum Gasteiger partial charge on any atom is -0.347 e. The Hall–Kier alpha value is -3.32. The number of carbonyl (C=O) groups excluding carboxylic acids is 2. The Morgan fingerprint density at radius 1 is 0.857 bits per heavy atom. The Morgan fingerprint density at radius 2 is 1.46 bits per heavy atom. The van der Waals surface area contributed by atoms with E-state index in [1.165, 1.54) is 18.2 Å². The van der Waals surface area contributed by atoms with E-state index in [0.717, 1.165) is 17.5 Å². The number of amides is 2. The number of carbonyl (C=O) groups is 2. The van der Waals surface area contributed by atoms with Gasteiger partial charge in [-0.3, -0.25) is 9.59 Å². The summed E-state index contributed by atoms with van der Waals surface area (Å²) >= 11 is 5.92. The third kappa shape index (κ3) is 5.34. The minimum absolute atomic E-state index is 0.0602. The molecule has 28 heavy (non-hydrogen) atoms. The Labute approximate surface area is 165 Å². The number of benzene rings is 2. The van der Waals surface area contributed by atoms with Gasteiger partial charge in [-0.15, -0.1) is 0 Å². The summed E-state index contributed by atoms with van der Waals surface area (Å²) in [4.78, 5) is 32.3. The predicted octanol–water partition coefficient (Wildman–Crippen LogP) is 3.13. The van der Waals surface area contributed by atoms with Crippen LogP contribution >= 0.6 is 11.6 Å². The van der Waals surface area contributed by atoms with Crippen LogP contribution < -0.4 is 10.6 Å². The zero-order valence-electron chi connectivity index (χ0n) is 14.7. The van der Waals surface area contributed by atoms with Crippen molar-refractivity contribution < 1.29 is 14.0 Å². The zero-order valence-corrected chi connectivity index (χ0v) is 15.4. The molecule has 6 nitrogen and oxygen atoms in total. The molecule has 0 radical (unpaired) electrons. The summed E-state index contributed by atoms with van der Waals surface area (Å²) in [6.07, 6.45) is 1.15. The van der Waals surface area contributed by atoms with Gasteiger partial charge in [0, 0.05) is 24.2 Å². The van der Waals surface area contributed by atoms with Crippen LogP contribution in [0.4, 0.5) is 4.39 Å². The van der Waals surface area contributed by atoms with Gasteiger partial charge in [0.25, 0.3) is 11.8 Å². The molecule has 0 fully saturated rings. The average molecular weight is 399 g/mol. The molecule has 0 aliphatic heterocycles. The predicted molar refractivity (Wildman–Crippen MR) is 102 cm³/mol. The van der Waals surface area contributed by atoms with Crippen LogP contribution in [0.15, 0.2) is 60.9 Å². The van der Waals surface area contributed by atoms with Crippen LogP contribution in [0.2, 0.25) is 5.02 Å². The molecule has 0 saturated carbocycles. The van der Waals surface area contributed by atoms with E-state index in [9.17, 15) is 14.0 Å². The number of hydrogen-bond donors (Lipinski definition) is 2. The lowest BCUT2D eigenvalue weighted by molar-refractivity contribution is 0.0944. The van der Waals surface area contributed by atoms with Gasteiger partial charge in [0.2, 0.25) is 0 Å². The quantitative estimate of drug-likeness (QED) is 0.668. The van der Waals surface area contributed by atoms with E-state index in [2.05, 4.69) is 20.6 Å². The van der Waals surface area contributed by atoms with Crippen molar-refractivity contribution in [3.63, 3.8) is 0 Å². The van der Waals surface area contributed by atoms with E-state index >= 15 is 0 Å². The monoisotopic (exact) mass is 398 g/mol. The van der Waals surface area contributed by atoms with Crippen LogP contribution in [0.3, 0.4) is 0 Å². The van der Waals surface area contributed by atoms with Crippen molar-refractivity contribution in [3.8, 4) is 0 Å². The second-order valence-corrected chi connectivity index (χ2v) is 6.35. The molecule has 0 unspecified atom stereocenters. The lowest BCUT2D eigenvalue weighted by atomic mass is 10.2. The van der Waals surface area contributed by atoms with Crippen LogP contribution in [0.1, 0.15) is 32.1 Å². The van der Waals surface area contributed by atoms with E-state index in [4.69, 9.17) is 11.6 Å². The fourth-order valence-electron chi connectivity index (χ4n) is 2.40. The maximum atomic E-state index is 12.9. The molecule has 0 bridgehead atoms. The molecule has 2 aromatic carbocycles. The molecule has 2 N–H and O–H groups in total. The highest BCUT2D eigenvalue weighted by Crippen LogP contribution is 2.10. The van der Waals surface area contributed by atoms with Crippen LogP contribution in [0, 0.1) is 5.82 Å². The number of aromatic nitrogens is 2. The van der Waals surface area contributed by atoms with E-state index in [1.54, 1.807) is 30.3 Å². The van der Waals surface area contributed by atoms with Crippen molar-refractivity contribution in [2.24, 2.45) is 0 Å². The summed E-state index contributed by atoms with van der Waals surface area (Å²) in [5, 5.41) is 5.96. The number of nitrogens with zero attached hydrogens (tertiary/aromatic N) is 2. The smallest absolute Gasteiger partial charge is 0.270 e. The highest BCUT2D eigenvalue weighted by atomic mass is 35.5. The van der Waals surface area contributed by atoms with Gasteiger partial charge in [0.05, 0.1) is 0 Å². The summed E-state index contributed by atoms with van der Waals surface area (Å²) in [5.74, 6) is -1.25. The van der Waals surface area contributed by atoms with Gasteiger partial charge < -0.3 is 10.6 Å². The number of rotatable bonds is 6. The first kappa shape index (κ1) is 19.4. The Morgan fingerprint density at radius 3 is 2.07 bits per heavy atom. The van der Waals surface area contributed by atoms with Crippen LogP contribution in [-0.2, 0) is 13.1 Å².